The number of amides is 1. The van der Waals surface area contributed by atoms with Gasteiger partial charge in [-0.15, -0.1) is 0 Å². The van der Waals surface area contributed by atoms with Gasteiger partial charge in [-0.25, -0.2) is 0 Å². The van der Waals surface area contributed by atoms with Gasteiger partial charge in [0.05, 0.1) is 5.69 Å². The van der Waals surface area contributed by atoms with E-state index in [0.717, 1.165) is 9.86 Å². The Balaban J connectivity index is 1.99. The highest BCUT2D eigenvalue weighted by atomic mass is 79.9. The summed E-state index contributed by atoms with van der Waals surface area (Å²) in [4.78, 5) is 16.3. The van der Waals surface area contributed by atoms with Gasteiger partial charge < -0.3 is 14.8 Å². The van der Waals surface area contributed by atoms with E-state index in [1.165, 1.54) is 0 Å². The number of nitrogens with zero attached hydrogens (tertiary/aromatic N) is 1. The first-order valence-electron chi connectivity index (χ1n) is 6.98. The molecule has 4 rings (SSSR count). The molecule has 0 spiro atoms. The van der Waals surface area contributed by atoms with Crippen LogP contribution in [0.3, 0.4) is 0 Å². The molecule has 5 nitrogen and oxygen atoms in total. The van der Waals surface area contributed by atoms with Gasteiger partial charge in [-0.1, -0.05) is 28.1 Å². The van der Waals surface area contributed by atoms with Gasteiger partial charge in [-0.3, -0.25) is 9.79 Å². The lowest BCUT2D eigenvalue weighted by molar-refractivity contribution is -0.114. The molecule has 2 N–H and O–H groups in total. The Morgan fingerprint density at radius 1 is 1.22 bits per heavy atom. The molecule has 2 heterocycles. The van der Waals surface area contributed by atoms with E-state index >= 15 is 0 Å². The third kappa shape index (κ3) is 2.41. The van der Waals surface area contributed by atoms with Crippen LogP contribution in [-0.2, 0) is 4.79 Å². The van der Waals surface area contributed by atoms with Crippen LogP contribution < -0.4 is 5.32 Å². The highest BCUT2D eigenvalue weighted by Crippen LogP contribution is 2.35. The van der Waals surface area contributed by atoms with E-state index < -0.39 is 0 Å². The van der Waals surface area contributed by atoms with E-state index in [9.17, 15) is 9.90 Å². The number of aliphatic imine (C=N–C) groups is 1. The smallest absolute Gasteiger partial charge is 0.246 e. The molecule has 3 aromatic rings. The molecule has 0 unspecified atom stereocenters. The molecule has 0 radical (unpaired) electrons. The minimum absolute atomic E-state index is 0.00715. The molecule has 1 aliphatic heterocycles. The lowest BCUT2D eigenvalue weighted by Gasteiger charge is -2.04. The van der Waals surface area contributed by atoms with Crippen LogP contribution in [0.15, 0.2) is 56.3 Å². The summed E-state index contributed by atoms with van der Waals surface area (Å²) in [6, 6.07) is 12.3. The van der Waals surface area contributed by atoms with Crippen molar-refractivity contribution in [3.05, 3.63) is 58.3 Å². The summed E-state index contributed by atoms with van der Waals surface area (Å²) in [5.41, 5.74) is 2.50. The van der Waals surface area contributed by atoms with Gasteiger partial charge in [0.2, 0.25) is 5.91 Å². The van der Waals surface area contributed by atoms with E-state index in [0.29, 0.717) is 28.3 Å². The van der Waals surface area contributed by atoms with Crippen LogP contribution in [-0.4, -0.2) is 23.3 Å². The van der Waals surface area contributed by atoms with Crippen LogP contribution in [0.4, 0.5) is 5.69 Å². The molecule has 2 aromatic carbocycles. The maximum Gasteiger partial charge on any atom is 0.246 e. The first-order valence-corrected chi connectivity index (χ1v) is 7.77. The second kappa shape index (κ2) is 5.24. The lowest BCUT2D eigenvalue weighted by atomic mass is 10.1. The quantitative estimate of drug-likeness (QED) is 0.685. The van der Waals surface area contributed by atoms with Gasteiger partial charge in [0.1, 0.15) is 23.6 Å². The summed E-state index contributed by atoms with van der Waals surface area (Å²) < 4.78 is 6.83. The summed E-state index contributed by atoms with van der Waals surface area (Å²) in [5.74, 6) is 0.427. The Hall–Kier alpha value is -2.60. The van der Waals surface area contributed by atoms with E-state index in [1.807, 2.05) is 24.3 Å². The molecule has 0 saturated carbocycles. The fourth-order valence-corrected chi connectivity index (χ4v) is 2.98. The second-order valence-corrected chi connectivity index (χ2v) is 6.13. The molecule has 23 heavy (non-hydrogen) atoms. The fraction of sp³-hybridized carbons (Fsp3) is 0.0588. The van der Waals surface area contributed by atoms with Crippen molar-refractivity contribution in [2.45, 2.75) is 0 Å². The number of aromatic hydroxyl groups is 1. The van der Waals surface area contributed by atoms with Crippen molar-refractivity contribution < 1.29 is 14.3 Å². The van der Waals surface area contributed by atoms with Crippen LogP contribution >= 0.6 is 15.9 Å². The van der Waals surface area contributed by atoms with Gasteiger partial charge in [0.25, 0.3) is 0 Å². The van der Waals surface area contributed by atoms with Gasteiger partial charge in [-0.05, 0) is 30.3 Å². The molecule has 6 heteroatoms. The van der Waals surface area contributed by atoms with E-state index in [4.69, 9.17) is 4.42 Å². The molecule has 1 aliphatic rings. The monoisotopic (exact) mass is 370 g/mol. The minimum atomic E-state index is -0.202. The SMILES string of the molecule is O=C1CN=C(c2cccc(O)c2)c2oc3cc(Br)ccc3c2N1. The topological polar surface area (TPSA) is 74.8 Å². The molecule has 0 bridgehead atoms. The molecule has 0 saturated heterocycles. The molecule has 0 fully saturated rings. The Labute approximate surface area is 139 Å². The van der Waals surface area contributed by atoms with Gasteiger partial charge in [-0.2, -0.15) is 0 Å². The Morgan fingerprint density at radius 2 is 2.09 bits per heavy atom. The summed E-state index contributed by atoms with van der Waals surface area (Å²) in [5, 5.41) is 13.4. The number of phenolic OH excluding ortho intramolecular Hbond substituents is 1. The Morgan fingerprint density at radius 3 is 2.91 bits per heavy atom. The van der Waals surface area contributed by atoms with E-state index in [-0.39, 0.29) is 18.2 Å². The first-order chi connectivity index (χ1) is 11.1. The molecule has 0 atom stereocenters. The predicted molar refractivity (Wildman–Crippen MR) is 91.2 cm³/mol. The molecule has 1 aromatic heterocycles. The van der Waals surface area contributed by atoms with Gasteiger partial charge >= 0.3 is 0 Å². The van der Waals surface area contributed by atoms with Crippen molar-refractivity contribution in [3.8, 4) is 5.75 Å². The maximum absolute atomic E-state index is 12.0. The zero-order valence-electron chi connectivity index (χ0n) is 11.8. The van der Waals surface area contributed by atoms with Gasteiger partial charge in [0, 0.05) is 15.4 Å². The molecule has 1 amide bonds. The summed E-state index contributed by atoms with van der Waals surface area (Å²) in [6.45, 7) is 0.00715. The van der Waals surface area contributed by atoms with Crippen LogP contribution in [0, 0.1) is 0 Å². The number of anilines is 1. The first kappa shape index (κ1) is 14.0. The van der Waals surface area contributed by atoms with Crippen LogP contribution in [0.5, 0.6) is 5.75 Å². The third-order valence-corrected chi connectivity index (χ3v) is 4.13. The number of phenols is 1. The Kier molecular flexibility index (Phi) is 3.20. The van der Waals surface area contributed by atoms with E-state index in [1.54, 1.807) is 18.2 Å². The zero-order chi connectivity index (χ0) is 16.0. The average molecular weight is 371 g/mol. The summed E-state index contributed by atoms with van der Waals surface area (Å²) >= 11 is 3.41. The molecule has 114 valence electrons. The number of furan rings is 1. The number of halogens is 1. The van der Waals surface area contributed by atoms with Crippen LogP contribution in [0.25, 0.3) is 11.0 Å². The van der Waals surface area contributed by atoms with Gasteiger partial charge in [0.15, 0.2) is 5.76 Å². The fourth-order valence-electron chi connectivity index (χ4n) is 2.64. The highest BCUT2D eigenvalue weighted by Gasteiger charge is 2.25. The number of carbonyl (C=O) groups excluding carboxylic acids is 1. The lowest BCUT2D eigenvalue weighted by Crippen LogP contribution is -2.13. The number of rotatable bonds is 1. The van der Waals surface area contributed by atoms with Crippen molar-refractivity contribution in [1.82, 2.24) is 0 Å². The normalized spacial score (nSPS) is 14.1. The van der Waals surface area contributed by atoms with Crippen molar-refractivity contribution in [2.24, 2.45) is 4.99 Å². The Bertz CT molecular complexity index is 975. The predicted octanol–water partition coefficient (Wildman–Crippen LogP) is 3.69. The molecular formula is C17H11BrN2O3. The summed E-state index contributed by atoms with van der Waals surface area (Å²) in [6.07, 6.45) is 0. The van der Waals surface area contributed by atoms with Crippen molar-refractivity contribution >= 4 is 44.2 Å². The number of nitrogens with one attached hydrogen (secondary N) is 1. The minimum Gasteiger partial charge on any atom is -0.508 e. The highest BCUT2D eigenvalue weighted by molar-refractivity contribution is 9.10. The zero-order valence-corrected chi connectivity index (χ0v) is 13.4. The largest absolute Gasteiger partial charge is 0.508 e. The van der Waals surface area contributed by atoms with Crippen molar-refractivity contribution in [2.75, 3.05) is 11.9 Å². The number of benzene rings is 2. The van der Waals surface area contributed by atoms with Crippen LogP contribution in [0.1, 0.15) is 11.3 Å². The number of fused-ring (bicyclic) bond motifs is 3. The van der Waals surface area contributed by atoms with Crippen molar-refractivity contribution in [3.63, 3.8) is 0 Å². The standard InChI is InChI=1S/C17H11BrN2O3/c18-10-4-5-12-13(7-10)23-17-15(9-2-1-3-11(21)6-9)19-8-14(22)20-16(12)17/h1-7,21H,8H2,(H,20,22). The summed E-state index contributed by atoms with van der Waals surface area (Å²) in [7, 11) is 0. The third-order valence-electron chi connectivity index (χ3n) is 3.63. The van der Waals surface area contributed by atoms with Crippen LogP contribution in [0.2, 0.25) is 0 Å². The van der Waals surface area contributed by atoms with E-state index in [2.05, 4.69) is 26.2 Å². The number of hydrogen-bond donors (Lipinski definition) is 2. The maximum atomic E-state index is 12.0. The van der Waals surface area contributed by atoms with Crippen molar-refractivity contribution in [1.29, 1.82) is 0 Å². The average Bonchev–Trinajstić information content (AvgIpc) is 2.76. The number of carbonyl (C=O) groups is 1. The number of hydrogen-bond acceptors (Lipinski definition) is 4. The molecule has 0 aliphatic carbocycles. The molecular weight excluding hydrogens is 360 g/mol. The second-order valence-electron chi connectivity index (χ2n) is 5.21.